The van der Waals surface area contributed by atoms with Crippen LogP contribution in [0.1, 0.15) is 21.5 Å². The SMILES string of the molecule is COc1ccc(OC)c(/C=C2\Oc3cc(OCc4ccc([N+](=O)[O-])cc4)ccc3C2=O)c1. The van der Waals surface area contributed by atoms with Crippen molar-refractivity contribution in [3.05, 3.63) is 93.2 Å². The van der Waals surface area contributed by atoms with Gasteiger partial charge in [0.1, 0.15) is 29.6 Å². The van der Waals surface area contributed by atoms with Gasteiger partial charge in [-0.3, -0.25) is 14.9 Å². The van der Waals surface area contributed by atoms with Gasteiger partial charge in [0.15, 0.2) is 5.76 Å². The Morgan fingerprint density at radius 2 is 1.72 bits per heavy atom. The molecule has 0 unspecified atom stereocenters. The Morgan fingerprint density at radius 1 is 0.969 bits per heavy atom. The van der Waals surface area contributed by atoms with Crippen molar-refractivity contribution in [2.45, 2.75) is 6.61 Å². The van der Waals surface area contributed by atoms with Gasteiger partial charge in [-0.25, -0.2) is 0 Å². The van der Waals surface area contributed by atoms with Crippen LogP contribution in [0.3, 0.4) is 0 Å². The Balaban J connectivity index is 1.51. The molecule has 0 atom stereocenters. The number of fused-ring (bicyclic) bond motifs is 1. The quantitative estimate of drug-likeness (QED) is 0.300. The molecule has 8 heteroatoms. The molecule has 0 aliphatic carbocycles. The first-order chi connectivity index (χ1) is 15.5. The van der Waals surface area contributed by atoms with E-state index in [1.807, 2.05) is 0 Å². The molecule has 0 N–H and O–H groups in total. The summed E-state index contributed by atoms with van der Waals surface area (Å²) in [4.78, 5) is 23.1. The number of hydrogen-bond acceptors (Lipinski definition) is 7. The molecule has 1 aliphatic rings. The van der Waals surface area contributed by atoms with Crippen LogP contribution in [0.4, 0.5) is 5.69 Å². The summed E-state index contributed by atoms with van der Waals surface area (Å²) < 4.78 is 22.1. The van der Waals surface area contributed by atoms with Crippen LogP contribution in [0.15, 0.2) is 66.4 Å². The van der Waals surface area contributed by atoms with Gasteiger partial charge in [0.2, 0.25) is 5.78 Å². The molecular weight excluding hydrogens is 414 g/mol. The lowest BCUT2D eigenvalue weighted by molar-refractivity contribution is -0.384. The van der Waals surface area contributed by atoms with Gasteiger partial charge in [0.25, 0.3) is 5.69 Å². The number of rotatable bonds is 7. The molecular formula is C24H19NO7. The van der Waals surface area contributed by atoms with Gasteiger partial charge in [0.05, 0.1) is 24.7 Å². The summed E-state index contributed by atoms with van der Waals surface area (Å²) in [7, 11) is 3.11. The van der Waals surface area contributed by atoms with E-state index in [9.17, 15) is 14.9 Å². The molecule has 32 heavy (non-hydrogen) atoms. The number of non-ortho nitro benzene ring substituents is 1. The maximum Gasteiger partial charge on any atom is 0.269 e. The second-order valence-electron chi connectivity index (χ2n) is 6.92. The van der Waals surface area contributed by atoms with Crippen molar-refractivity contribution >= 4 is 17.5 Å². The number of benzene rings is 3. The third kappa shape index (κ3) is 4.24. The number of allylic oxidation sites excluding steroid dienone is 1. The average Bonchev–Trinajstić information content (AvgIpc) is 3.12. The predicted octanol–water partition coefficient (Wildman–Crippen LogP) is 4.81. The summed E-state index contributed by atoms with van der Waals surface area (Å²) in [5.74, 6) is 2.03. The largest absolute Gasteiger partial charge is 0.497 e. The second-order valence-corrected chi connectivity index (χ2v) is 6.92. The van der Waals surface area contributed by atoms with E-state index in [0.29, 0.717) is 34.1 Å². The zero-order chi connectivity index (χ0) is 22.7. The minimum atomic E-state index is -0.453. The predicted molar refractivity (Wildman–Crippen MR) is 116 cm³/mol. The Morgan fingerprint density at radius 3 is 2.41 bits per heavy atom. The number of ether oxygens (including phenoxy) is 4. The minimum Gasteiger partial charge on any atom is -0.497 e. The van der Waals surface area contributed by atoms with Crippen molar-refractivity contribution in [2.24, 2.45) is 0 Å². The number of nitro groups is 1. The molecule has 0 aromatic heterocycles. The number of carbonyl (C=O) groups is 1. The van der Waals surface area contributed by atoms with Crippen LogP contribution in [-0.2, 0) is 6.61 Å². The monoisotopic (exact) mass is 433 g/mol. The third-order valence-electron chi connectivity index (χ3n) is 4.92. The molecule has 0 saturated carbocycles. The van der Waals surface area contributed by atoms with Crippen LogP contribution in [0.5, 0.6) is 23.0 Å². The summed E-state index contributed by atoms with van der Waals surface area (Å²) in [6.45, 7) is 0.217. The molecule has 8 nitrogen and oxygen atoms in total. The summed E-state index contributed by atoms with van der Waals surface area (Å²) in [6, 6.07) is 16.4. The van der Waals surface area contributed by atoms with E-state index >= 15 is 0 Å². The van der Waals surface area contributed by atoms with Crippen molar-refractivity contribution in [3.63, 3.8) is 0 Å². The van der Waals surface area contributed by atoms with Crippen LogP contribution in [0, 0.1) is 10.1 Å². The van der Waals surface area contributed by atoms with Crippen molar-refractivity contribution in [2.75, 3.05) is 14.2 Å². The minimum absolute atomic E-state index is 0.0187. The molecule has 4 rings (SSSR count). The second kappa shape index (κ2) is 8.81. The van der Waals surface area contributed by atoms with E-state index in [-0.39, 0.29) is 23.8 Å². The first-order valence-electron chi connectivity index (χ1n) is 9.65. The number of Topliss-reactive ketones (excluding diaryl/α,β-unsaturated/α-hetero) is 1. The van der Waals surface area contributed by atoms with Gasteiger partial charge in [-0.2, -0.15) is 0 Å². The van der Waals surface area contributed by atoms with Gasteiger partial charge < -0.3 is 18.9 Å². The molecule has 0 saturated heterocycles. The summed E-state index contributed by atoms with van der Waals surface area (Å²) >= 11 is 0. The molecule has 0 amide bonds. The molecule has 1 heterocycles. The topological polar surface area (TPSA) is 97.1 Å². The molecule has 1 aliphatic heterocycles. The number of methoxy groups -OCH3 is 2. The molecule has 0 fully saturated rings. The maximum absolute atomic E-state index is 12.8. The Hall–Kier alpha value is -4.33. The Bertz CT molecular complexity index is 1220. The number of nitro benzene ring substituents is 1. The highest BCUT2D eigenvalue weighted by atomic mass is 16.6. The van der Waals surface area contributed by atoms with Crippen molar-refractivity contribution in [1.82, 2.24) is 0 Å². The molecule has 162 valence electrons. The zero-order valence-corrected chi connectivity index (χ0v) is 17.4. The molecule has 0 bridgehead atoms. The summed E-state index contributed by atoms with van der Waals surface area (Å²) in [5, 5.41) is 10.8. The molecule has 3 aromatic carbocycles. The van der Waals surface area contributed by atoms with Gasteiger partial charge in [-0.15, -0.1) is 0 Å². The third-order valence-corrected chi connectivity index (χ3v) is 4.92. The van der Waals surface area contributed by atoms with E-state index in [2.05, 4.69) is 0 Å². The van der Waals surface area contributed by atoms with E-state index in [1.165, 1.54) is 12.1 Å². The lowest BCUT2D eigenvalue weighted by atomic mass is 10.1. The van der Waals surface area contributed by atoms with E-state index in [0.717, 1.165) is 5.56 Å². The fourth-order valence-corrected chi connectivity index (χ4v) is 3.23. The summed E-state index contributed by atoms with van der Waals surface area (Å²) in [5.41, 5.74) is 1.88. The van der Waals surface area contributed by atoms with Gasteiger partial charge in [0, 0.05) is 23.8 Å². The Labute approximate surface area is 183 Å². The molecule has 3 aromatic rings. The smallest absolute Gasteiger partial charge is 0.269 e. The van der Waals surface area contributed by atoms with Gasteiger partial charge in [-0.05, 0) is 54.1 Å². The molecule has 0 radical (unpaired) electrons. The summed E-state index contributed by atoms with van der Waals surface area (Å²) in [6.07, 6.45) is 1.61. The normalized spacial score (nSPS) is 13.4. The van der Waals surface area contributed by atoms with Crippen molar-refractivity contribution in [1.29, 1.82) is 0 Å². The lowest BCUT2D eigenvalue weighted by Gasteiger charge is -2.08. The standard InChI is InChI=1S/C24H19NO7/c1-29-18-8-10-21(30-2)16(11-18)12-23-24(26)20-9-7-19(13-22(20)32-23)31-14-15-3-5-17(6-4-15)25(27)28/h3-13H,14H2,1-2H3/b23-12-. The zero-order valence-electron chi connectivity index (χ0n) is 17.4. The van der Waals surface area contributed by atoms with Crippen LogP contribution in [-0.4, -0.2) is 24.9 Å². The van der Waals surface area contributed by atoms with Crippen LogP contribution < -0.4 is 18.9 Å². The fraction of sp³-hybridized carbons (Fsp3) is 0.125. The number of ketones is 1. The van der Waals surface area contributed by atoms with E-state index < -0.39 is 4.92 Å². The number of hydrogen-bond donors (Lipinski definition) is 0. The van der Waals surface area contributed by atoms with E-state index in [4.69, 9.17) is 18.9 Å². The highest BCUT2D eigenvalue weighted by Gasteiger charge is 2.28. The Kier molecular flexibility index (Phi) is 5.76. The average molecular weight is 433 g/mol. The van der Waals surface area contributed by atoms with Crippen LogP contribution in [0.2, 0.25) is 0 Å². The van der Waals surface area contributed by atoms with E-state index in [1.54, 1.807) is 68.8 Å². The van der Waals surface area contributed by atoms with Crippen molar-refractivity contribution < 1.29 is 28.7 Å². The van der Waals surface area contributed by atoms with Crippen LogP contribution >= 0.6 is 0 Å². The lowest BCUT2D eigenvalue weighted by Crippen LogP contribution is -1.99. The highest BCUT2D eigenvalue weighted by molar-refractivity contribution is 6.14. The highest BCUT2D eigenvalue weighted by Crippen LogP contribution is 2.36. The molecule has 0 spiro atoms. The fourth-order valence-electron chi connectivity index (χ4n) is 3.23. The van der Waals surface area contributed by atoms with Gasteiger partial charge in [-0.1, -0.05) is 0 Å². The van der Waals surface area contributed by atoms with Gasteiger partial charge >= 0.3 is 0 Å². The first-order valence-corrected chi connectivity index (χ1v) is 9.65. The van der Waals surface area contributed by atoms with Crippen LogP contribution in [0.25, 0.3) is 6.08 Å². The first kappa shape index (κ1) is 20.9. The number of nitrogens with zero attached hydrogens (tertiary/aromatic N) is 1. The number of carbonyl (C=O) groups excluding carboxylic acids is 1. The van der Waals surface area contributed by atoms with Crippen molar-refractivity contribution in [3.8, 4) is 23.0 Å². The maximum atomic E-state index is 12.8.